The molecule has 0 bridgehead atoms. The van der Waals surface area contributed by atoms with E-state index in [1.807, 2.05) is 31.2 Å². The third-order valence-corrected chi connectivity index (χ3v) is 3.66. The fourth-order valence-electron chi connectivity index (χ4n) is 2.39. The summed E-state index contributed by atoms with van der Waals surface area (Å²) in [4.78, 5) is 28.5. The zero-order valence-electron chi connectivity index (χ0n) is 12.9. The lowest BCUT2D eigenvalue weighted by Gasteiger charge is -2.20. The Morgan fingerprint density at radius 2 is 2.05 bits per heavy atom. The number of rotatable bonds is 5. The van der Waals surface area contributed by atoms with Gasteiger partial charge in [-0.1, -0.05) is 25.0 Å². The predicted octanol–water partition coefficient (Wildman–Crippen LogP) is 2.99. The molecule has 1 amide bonds. The number of carbonyl (C=O) groups is 1. The minimum Gasteiger partial charge on any atom is -0.338 e. The van der Waals surface area contributed by atoms with E-state index in [4.69, 9.17) is 0 Å². The average Bonchev–Trinajstić information content (AvgIpc) is 2.44. The molecule has 0 radical (unpaired) electrons. The second-order valence-electron chi connectivity index (χ2n) is 5.51. The summed E-state index contributed by atoms with van der Waals surface area (Å²) in [5.41, 5.74) is 2.50. The van der Waals surface area contributed by atoms with Gasteiger partial charge in [0.2, 0.25) is 5.91 Å². The van der Waals surface area contributed by atoms with Crippen LogP contribution in [0.2, 0.25) is 0 Å². The van der Waals surface area contributed by atoms with E-state index >= 15 is 0 Å². The van der Waals surface area contributed by atoms with Crippen LogP contribution in [0.4, 0.5) is 0 Å². The molecule has 0 aliphatic rings. The Morgan fingerprint density at radius 1 is 1.29 bits per heavy atom. The first-order valence-corrected chi connectivity index (χ1v) is 7.39. The number of hydrogen-bond donors (Lipinski definition) is 1. The Hall–Kier alpha value is -2.10. The monoisotopic (exact) mass is 286 g/mol. The molecule has 0 spiro atoms. The van der Waals surface area contributed by atoms with Crippen molar-refractivity contribution in [1.29, 1.82) is 0 Å². The molecule has 1 N–H and O–H groups in total. The lowest BCUT2D eigenvalue weighted by Crippen LogP contribution is -2.31. The molecule has 0 unspecified atom stereocenters. The number of H-pyrrole nitrogens is 1. The van der Waals surface area contributed by atoms with Crippen molar-refractivity contribution in [2.24, 2.45) is 0 Å². The smallest absolute Gasteiger partial charge is 0.253 e. The molecule has 4 heteroatoms. The molecule has 4 nitrogen and oxygen atoms in total. The van der Waals surface area contributed by atoms with E-state index in [1.165, 1.54) is 0 Å². The van der Waals surface area contributed by atoms with Crippen LogP contribution in [0.1, 0.15) is 37.8 Å². The molecule has 0 fully saturated rings. The Bertz CT molecular complexity index is 703. The van der Waals surface area contributed by atoms with Crippen molar-refractivity contribution in [3.8, 4) is 0 Å². The summed E-state index contributed by atoms with van der Waals surface area (Å²) in [6.07, 6.45) is 1.97. The van der Waals surface area contributed by atoms with E-state index in [0.29, 0.717) is 18.7 Å². The molecule has 0 saturated heterocycles. The van der Waals surface area contributed by atoms with Gasteiger partial charge in [0, 0.05) is 24.5 Å². The first-order valence-electron chi connectivity index (χ1n) is 7.39. The number of amides is 1. The largest absolute Gasteiger partial charge is 0.338 e. The molecule has 0 saturated carbocycles. The number of nitrogens with one attached hydrogen (secondary N) is 1. The van der Waals surface area contributed by atoms with Gasteiger partial charge in [0.1, 0.15) is 0 Å². The molecule has 0 aliphatic heterocycles. The zero-order valence-corrected chi connectivity index (χ0v) is 12.9. The van der Waals surface area contributed by atoms with Crippen LogP contribution in [-0.2, 0) is 11.3 Å². The zero-order chi connectivity index (χ0) is 15.4. The Labute approximate surface area is 124 Å². The van der Waals surface area contributed by atoms with Gasteiger partial charge in [-0.2, -0.15) is 0 Å². The third-order valence-electron chi connectivity index (χ3n) is 3.66. The van der Waals surface area contributed by atoms with Crippen molar-refractivity contribution in [3.63, 3.8) is 0 Å². The molecule has 1 aromatic heterocycles. The van der Waals surface area contributed by atoms with Gasteiger partial charge in [0.05, 0.1) is 6.54 Å². The van der Waals surface area contributed by atoms with E-state index in [9.17, 15) is 9.59 Å². The Morgan fingerprint density at radius 3 is 2.71 bits per heavy atom. The SMILES string of the molecule is CCCCN(Cc1cc2cc(C)ccc2[nH]c1=O)C(C)=O. The van der Waals surface area contributed by atoms with E-state index in [2.05, 4.69) is 11.9 Å². The van der Waals surface area contributed by atoms with Gasteiger partial charge in [-0.15, -0.1) is 0 Å². The van der Waals surface area contributed by atoms with Gasteiger partial charge >= 0.3 is 0 Å². The number of fused-ring (bicyclic) bond motifs is 1. The van der Waals surface area contributed by atoms with Gasteiger partial charge in [0.25, 0.3) is 5.56 Å². The van der Waals surface area contributed by atoms with E-state index in [-0.39, 0.29) is 11.5 Å². The second-order valence-corrected chi connectivity index (χ2v) is 5.51. The minimum atomic E-state index is -0.117. The Kier molecular flexibility index (Phi) is 4.78. The molecular formula is C17H22N2O2. The van der Waals surface area contributed by atoms with Crippen LogP contribution in [0.15, 0.2) is 29.1 Å². The quantitative estimate of drug-likeness (QED) is 0.918. The summed E-state index contributed by atoms with van der Waals surface area (Å²) < 4.78 is 0. The highest BCUT2D eigenvalue weighted by Gasteiger charge is 2.12. The van der Waals surface area contributed by atoms with Crippen molar-refractivity contribution in [3.05, 3.63) is 45.7 Å². The van der Waals surface area contributed by atoms with Gasteiger partial charge < -0.3 is 9.88 Å². The fourth-order valence-corrected chi connectivity index (χ4v) is 2.39. The highest BCUT2D eigenvalue weighted by atomic mass is 16.2. The maximum absolute atomic E-state index is 12.2. The fraction of sp³-hybridized carbons (Fsp3) is 0.412. The highest BCUT2D eigenvalue weighted by molar-refractivity contribution is 5.80. The van der Waals surface area contributed by atoms with E-state index in [0.717, 1.165) is 29.3 Å². The summed E-state index contributed by atoms with van der Waals surface area (Å²) in [5.74, 6) is 0.00666. The number of hydrogen-bond acceptors (Lipinski definition) is 2. The number of benzene rings is 1. The molecule has 21 heavy (non-hydrogen) atoms. The first kappa shape index (κ1) is 15.3. The predicted molar refractivity (Wildman–Crippen MR) is 85.3 cm³/mol. The first-order chi connectivity index (χ1) is 10.0. The van der Waals surface area contributed by atoms with E-state index < -0.39 is 0 Å². The van der Waals surface area contributed by atoms with Crippen LogP contribution in [0, 0.1) is 6.92 Å². The summed E-state index contributed by atoms with van der Waals surface area (Å²) in [6.45, 7) is 6.72. The second kappa shape index (κ2) is 6.57. The third kappa shape index (κ3) is 3.72. The molecule has 2 rings (SSSR count). The van der Waals surface area contributed by atoms with E-state index in [1.54, 1.807) is 11.8 Å². The number of aromatic amines is 1. The van der Waals surface area contributed by atoms with Gasteiger partial charge in [-0.05, 0) is 36.9 Å². The number of aromatic nitrogens is 1. The van der Waals surface area contributed by atoms with Crippen LogP contribution in [0.3, 0.4) is 0 Å². The van der Waals surface area contributed by atoms with Crippen molar-refractivity contribution < 1.29 is 4.79 Å². The van der Waals surface area contributed by atoms with Crippen LogP contribution >= 0.6 is 0 Å². The molecule has 1 heterocycles. The van der Waals surface area contributed by atoms with Gasteiger partial charge in [-0.25, -0.2) is 0 Å². The van der Waals surface area contributed by atoms with Gasteiger partial charge in [0.15, 0.2) is 0 Å². The maximum Gasteiger partial charge on any atom is 0.253 e. The summed E-state index contributed by atoms with van der Waals surface area (Å²) in [5, 5.41) is 1.00. The van der Waals surface area contributed by atoms with Crippen LogP contribution in [-0.4, -0.2) is 22.3 Å². The number of pyridine rings is 1. The van der Waals surface area contributed by atoms with Crippen molar-refractivity contribution in [2.45, 2.75) is 40.2 Å². The molecule has 1 aromatic carbocycles. The van der Waals surface area contributed by atoms with Crippen LogP contribution in [0.5, 0.6) is 0 Å². The molecular weight excluding hydrogens is 264 g/mol. The molecule has 112 valence electrons. The summed E-state index contributed by atoms with van der Waals surface area (Å²) in [7, 11) is 0. The lowest BCUT2D eigenvalue weighted by atomic mass is 10.1. The number of aryl methyl sites for hydroxylation is 1. The topological polar surface area (TPSA) is 53.2 Å². The molecule has 2 aromatic rings. The van der Waals surface area contributed by atoms with Gasteiger partial charge in [-0.3, -0.25) is 9.59 Å². The number of unbranched alkanes of at least 4 members (excludes halogenated alkanes) is 1. The lowest BCUT2D eigenvalue weighted by molar-refractivity contribution is -0.129. The maximum atomic E-state index is 12.2. The Balaban J connectivity index is 2.33. The summed E-state index contributed by atoms with van der Waals surface area (Å²) >= 11 is 0. The molecule has 0 atom stereocenters. The number of carbonyl (C=O) groups excluding carboxylic acids is 1. The standard InChI is InChI=1S/C17H22N2O2/c1-4-5-8-19(13(3)20)11-15-10-14-9-12(2)6-7-16(14)18-17(15)21/h6-7,9-10H,4-5,8,11H2,1-3H3,(H,18,21). The van der Waals surface area contributed by atoms with Crippen molar-refractivity contribution >= 4 is 16.8 Å². The molecule has 0 aliphatic carbocycles. The minimum absolute atomic E-state index is 0.00666. The normalized spacial score (nSPS) is 10.8. The highest BCUT2D eigenvalue weighted by Crippen LogP contribution is 2.14. The van der Waals surface area contributed by atoms with Crippen LogP contribution in [0.25, 0.3) is 10.9 Å². The van der Waals surface area contributed by atoms with Crippen molar-refractivity contribution in [1.82, 2.24) is 9.88 Å². The average molecular weight is 286 g/mol. The summed E-state index contributed by atoms with van der Waals surface area (Å²) in [6, 6.07) is 7.82. The van der Waals surface area contributed by atoms with Crippen molar-refractivity contribution in [2.75, 3.05) is 6.54 Å². The number of nitrogens with zero attached hydrogens (tertiary/aromatic N) is 1. The van der Waals surface area contributed by atoms with Crippen LogP contribution < -0.4 is 5.56 Å².